The molecule has 0 spiro atoms. The van der Waals surface area contributed by atoms with E-state index in [2.05, 4.69) is 27.4 Å². The molecule has 3 saturated carbocycles. The van der Waals surface area contributed by atoms with Gasteiger partial charge in [0.2, 0.25) is 0 Å². The molecular formula is C15H24. The molecule has 4 atom stereocenters. The van der Waals surface area contributed by atoms with E-state index in [0.29, 0.717) is 10.8 Å². The Balaban J connectivity index is 2.10. The van der Waals surface area contributed by atoms with Crippen molar-refractivity contribution in [2.45, 2.75) is 52.9 Å². The van der Waals surface area contributed by atoms with E-state index in [4.69, 9.17) is 0 Å². The summed E-state index contributed by atoms with van der Waals surface area (Å²) in [4.78, 5) is 0. The number of allylic oxidation sites excluding steroid dienone is 1. The minimum atomic E-state index is 0.522. The molecule has 4 bridgehead atoms. The third-order valence-electron chi connectivity index (χ3n) is 6.04. The van der Waals surface area contributed by atoms with Crippen LogP contribution in [0.3, 0.4) is 0 Å². The summed E-state index contributed by atoms with van der Waals surface area (Å²) in [6.07, 6.45) is 7.23. The van der Waals surface area contributed by atoms with Gasteiger partial charge in [0.25, 0.3) is 0 Å². The van der Waals surface area contributed by atoms with E-state index in [0.717, 1.165) is 17.8 Å². The Labute approximate surface area is 94.1 Å². The normalized spacial score (nSPS) is 51.9. The topological polar surface area (TPSA) is 0 Å². The van der Waals surface area contributed by atoms with E-state index in [1.54, 1.807) is 5.57 Å². The second-order valence-electron chi connectivity index (χ2n) is 7.14. The van der Waals surface area contributed by atoms with Crippen molar-refractivity contribution < 1.29 is 0 Å². The molecule has 0 heteroatoms. The highest BCUT2D eigenvalue weighted by Crippen LogP contribution is 2.70. The lowest BCUT2D eigenvalue weighted by atomic mass is 9.67. The molecule has 15 heavy (non-hydrogen) atoms. The first-order valence-electron chi connectivity index (χ1n) is 6.65. The van der Waals surface area contributed by atoms with Gasteiger partial charge in [0.1, 0.15) is 0 Å². The van der Waals surface area contributed by atoms with E-state index in [1.807, 2.05) is 0 Å². The molecule has 0 heterocycles. The third-order valence-corrected chi connectivity index (χ3v) is 6.04. The molecule has 3 rings (SSSR count). The van der Waals surface area contributed by atoms with Gasteiger partial charge in [-0.15, -0.1) is 0 Å². The van der Waals surface area contributed by atoms with Gasteiger partial charge in [-0.25, -0.2) is 0 Å². The Morgan fingerprint density at radius 3 is 2.60 bits per heavy atom. The first-order valence-corrected chi connectivity index (χ1v) is 6.65. The van der Waals surface area contributed by atoms with Gasteiger partial charge in [-0.1, -0.05) is 39.3 Å². The van der Waals surface area contributed by atoms with E-state index in [1.165, 1.54) is 32.1 Å². The largest absolute Gasteiger partial charge is 0.0992 e. The first-order chi connectivity index (χ1) is 6.97. The lowest BCUT2D eigenvalue weighted by molar-refractivity contribution is 0.153. The molecule has 84 valence electrons. The lowest BCUT2D eigenvalue weighted by Crippen LogP contribution is -2.29. The molecule has 0 unspecified atom stereocenters. The van der Waals surface area contributed by atoms with Crippen LogP contribution in [0.4, 0.5) is 0 Å². The smallest absolute Gasteiger partial charge is 0.0118 e. The molecule has 0 aliphatic heterocycles. The number of rotatable bonds is 0. The average Bonchev–Trinajstić information content (AvgIpc) is 2.50. The van der Waals surface area contributed by atoms with Crippen molar-refractivity contribution in [3.8, 4) is 0 Å². The monoisotopic (exact) mass is 204 g/mol. The molecule has 0 amide bonds. The zero-order valence-corrected chi connectivity index (χ0v) is 10.5. The fourth-order valence-electron chi connectivity index (χ4n) is 5.38. The van der Waals surface area contributed by atoms with Gasteiger partial charge in [-0.05, 0) is 54.3 Å². The molecule has 0 N–H and O–H groups in total. The maximum atomic E-state index is 4.46. The summed E-state index contributed by atoms with van der Waals surface area (Å²) in [6, 6.07) is 0. The molecule has 0 aromatic carbocycles. The van der Waals surface area contributed by atoms with Crippen LogP contribution in [0.2, 0.25) is 0 Å². The van der Waals surface area contributed by atoms with Gasteiger partial charge < -0.3 is 0 Å². The maximum absolute atomic E-state index is 4.46. The first kappa shape index (κ1) is 9.93. The van der Waals surface area contributed by atoms with Gasteiger partial charge in [0.15, 0.2) is 0 Å². The minimum absolute atomic E-state index is 0.522. The molecule has 3 aliphatic rings. The summed E-state index contributed by atoms with van der Waals surface area (Å²) < 4.78 is 0. The Bertz CT molecular complexity index is 312. The van der Waals surface area contributed by atoms with Crippen LogP contribution in [0.1, 0.15) is 52.9 Å². The predicted octanol–water partition coefficient (Wildman–Crippen LogP) is 4.42. The van der Waals surface area contributed by atoms with Gasteiger partial charge in [-0.2, -0.15) is 0 Å². The van der Waals surface area contributed by atoms with Crippen molar-refractivity contribution >= 4 is 0 Å². The fraction of sp³-hybridized carbons (Fsp3) is 0.867. The Morgan fingerprint density at radius 2 is 1.87 bits per heavy atom. The van der Waals surface area contributed by atoms with Crippen LogP contribution in [-0.2, 0) is 0 Å². The molecule has 3 fully saturated rings. The summed E-state index contributed by atoms with van der Waals surface area (Å²) in [5.74, 6) is 2.67. The Morgan fingerprint density at radius 1 is 1.13 bits per heavy atom. The van der Waals surface area contributed by atoms with E-state index < -0.39 is 0 Å². The Kier molecular flexibility index (Phi) is 1.79. The highest BCUT2D eigenvalue weighted by atomic mass is 14.7. The standard InChI is InChI=1S/C15H24/c1-10-11-6-7-12-13(10)14(2,3)8-5-9-15(11,12)4/h11-13H,1,5-9H2,2-4H3/t11-,12+,13+,15+/m0/s1. The number of hydrogen-bond acceptors (Lipinski definition) is 0. The summed E-state index contributed by atoms with van der Waals surface area (Å²) >= 11 is 0. The van der Waals surface area contributed by atoms with Gasteiger partial charge in [0, 0.05) is 0 Å². The van der Waals surface area contributed by atoms with Gasteiger partial charge in [0.05, 0.1) is 0 Å². The van der Waals surface area contributed by atoms with Gasteiger partial charge in [-0.3, -0.25) is 0 Å². The van der Waals surface area contributed by atoms with E-state index in [-0.39, 0.29) is 0 Å². The molecule has 0 saturated heterocycles. The van der Waals surface area contributed by atoms with Crippen LogP contribution in [0.15, 0.2) is 12.2 Å². The molecule has 0 aromatic heterocycles. The zero-order valence-electron chi connectivity index (χ0n) is 10.5. The van der Waals surface area contributed by atoms with E-state index >= 15 is 0 Å². The van der Waals surface area contributed by atoms with Crippen LogP contribution in [-0.4, -0.2) is 0 Å². The van der Waals surface area contributed by atoms with Crippen molar-refractivity contribution in [3.63, 3.8) is 0 Å². The molecule has 0 radical (unpaired) electrons. The highest BCUT2D eigenvalue weighted by molar-refractivity contribution is 5.28. The molecule has 0 aromatic rings. The second kappa shape index (κ2) is 2.70. The minimum Gasteiger partial charge on any atom is -0.0992 e. The van der Waals surface area contributed by atoms with Crippen LogP contribution in [0.25, 0.3) is 0 Å². The van der Waals surface area contributed by atoms with Crippen molar-refractivity contribution in [2.24, 2.45) is 28.6 Å². The van der Waals surface area contributed by atoms with Crippen LogP contribution >= 0.6 is 0 Å². The van der Waals surface area contributed by atoms with Crippen molar-refractivity contribution in [1.82, 2.24) is 0 Å². The van der Waals surface area contributed by atoms with Crippen LogP contribution < -0.4 is 0 Å². The quantitative estimate of drug-likeness (QED) is 0.513. The lowest BCUT2D eigenvalue weighted by Gasteiger charge is -2.38. The summed E-state index contributed by atoms with van der Waals surface area (Å²) in [5.41, 5.74) is 2.78. The molecule has 0 nitrogen and oxygen atoms in total. The maximum Gasteiger partial charge on any atom is -0.0118 e. The van der Waals surface area contributed by atoms with Crippen molar-refractivity contribution in [1.29, 1.82) is 0 Å². The molecular weight excluding hydrogens is 180 g/mol. The number of hydrogen-bond donors (Lipinski definition) is 0. The Hall–Kier alpha value is -0.260. The zero-order chi connectivity index (χ0) is 10.8. The highest BCUT2D eigenvalue weighted by Gasteiger charge is 2.61. The average molecular weight is 204 g/mol. The third kappa shape index (κ3) is 1.04. The second-order valence-corrected chi connectivity index (χ2v) is 7.14. The van der Waals surface area contributed by atoms with E-state index in [9.17, 15) is 0 Å². The fourth-order valence-corrected chi connectivity index (χ4v) is 5.38. The van der Waals surface area contributed by atoms with Crippen LogP contribution in [0, 0.1) is 28.6 Å². The molecule has 3 aliphatic carbocycles. The van der Waals surface area contributed by atoms with Crippen molar-refractivity contribution in [3.05, 3.63) is 12.2 Å². The van der Waals surface area contributed by atoms with Crippen molar-refractivity contribution in [2.75, 3.05) is 0 Å². The predicted molar refractivity (Wildman–Crippen MR) is 64.6 cm³/mol. The van der Waals surface area contributed by atoms with Gasteiger partial charge >= 0.3 is 0 Å². The van der Waals surface area contributed by atoms with Crippen LogP contribution in [0.5, 0.6) is 0 Å². The summed E-state index contributed by atoms with van der Waals surface area (Å²) in [7, 11) is 0. The summed E-state index contributed by atoms with van der Waals surface area (Å²) in [6.45, 7) is 12.0. The SMILES string of the molecule is C=C1[C@@H]2[C@H]3CC[C@@H]1[C@@]3(C)CCCC2(C)C. The summed E-state index contributed by atoms with van der Waals surface area (Å²) in [5, 5.41) is 0.